The topological polar surface area (TPSA) is 15.3 Å². The first kappa shape index (κ1) is 15.7. The molecule has 0 saturated carbocycles. The number of halogens is 1. The summed E-state index contributed by atoms with van der Waals surface area (Å²) in [5.74, 6) is 0.741. The van der Waals surface area contributed by atoms with E-state index in [1.165, 1.54) is 50.1 Å². The van der Waals surface area contributed by atoms with Crippen LogP contribution in [0.25, 0.3) is 0 Å². The van der Waals surface area contributed by atoms with E-state index in [0.717, 1.165) is 10.9 Å². The van der Waals surface area contributed by atoms with E-state index in [-0.39, 0.29) is 0 Å². The first-order valence-corrected chi connectivity index (χ1v) is 8.23. The molecule has 1 saturated heterocycles. The molecule has 1 N–H and O–H groups in total. The normalized spacial score (nSPS) is 21.7. The Kier molecular flexibility index (Phi) is 5.74. The molecule has 0 bridgehead atoms. The third-order valence-corrected chi connectivity index (χ3v) is 4.60. The summed E-state index contributed by atoms with van der Waals surface area (Å²) < 4.78 is 0. The Morgan fingerprint density at radius 1 is 1.45 bits per heavy atom. The van der Waals surface area contributed by atoms with Crippen molar-refractivity contribution >= 4 is 17.3 Å². The van der Waals surface area contributed by atoms with Crippen molar-refractivity contribution < 1.29 is 0 Å². The van der Waals surface area contributed by atoms with Gasteiger partial charge in [-0.25, -0.2) is 0 Å². The molecule has 2 atom stereocenters. The van der Waals surface area contributed by atoms with Crippen LogP contribution < -0.4 is 5.32 Å². The van der Waals surface area contributed by atoms with Gasteiger partial charge < -0.3 is 10.2 Å². The number of anilines is 1. The molecule has 0 aliphatic carbocycles. The first-order valence-electron chi connectivity index (χ1n) is 7.85. The molecule has 0 aromatic heterocycles. The summed E-state index contributed by atoms with van der Waals surface area (Å²) >= 11 is 6.02. The maximum atomic E-state index is 6.02. The van der Waals surface area contributed by atoms with Crippen LogP contribution in [0.4, 0.5) is 5.69 Å². The van der Waals surface area contributed by atoms with Crippen LogP contribution in [0, 0.1) is 12.8 Å². The van der Waals surface area contributed by atoms with Gasteiger partial charge in [0, 0.05) is 23.3 Å². The third-order valence-electron chi connectivity index (χ3n) is 4.36. The molecule has 0 amide bonds. The Morgan fingerprint density at radius 3 is 2.95 bits per heavy atom. The quantitative estimate of drug-likeness (QED) is 0.856. The highest BCUT2D eigenvalue weighted by Gasteiger charge is 2.24. The second-order valence-corrected chi connectivity index (χ2v) is 6.53. The fraction of sp³-hybridized carbons (Fsp3) is 0.647. The summed E-state index contributed by atoms with van der Waals surface area (Å²) in [6.07, 6.45) is 3.92. The van der Waals surface area contributed by atoms with Gasteiger partial charge >= 0.3 is 0 Å². The zero-order chi connectivity index (χ0) is 14.5. The second kappa shape index (κ2) is 7.33. The minimum atomic E-state index is 0.509. The van der Waals surface area contributed by atoms with E-state index in [2.05, 4.69) is 37.1 Å². The summed E-state index contributed by atoms with van der Waals surface area (Å²) in [4.78, 5) is 2.61. The van der Waals surface area contributed by atoms with Gasteiger partial charge in [0.1, 0.15) is 0 Å². The maximum absolute atomic E-state index is 6.02. The largest absolute Gasteiger partial charge is 0.382 e. The van der Waals surface area contributed by atoms with Crippen molar-refractivity contribution in [3.05, 3.63) is 28.8 Å². The Balaban J connectivity index is 1.95. The highest BCUT2D eigenvalue weighted by molar-refractivity contribution is 6.30. The lowest BCUT2D eigenvalue weighted by molar-refractivity contribution is 0.165. The van der Waals surface area contributed by atoms with Crippen LogP contribution in [-0.2, 0) is 0 Å². The fourth-order valence-electron chi connectivity index (χ4n) is 3.17. The summed E-state index contributed by atoms with van der Waals surface area (Å²) in [6, 6.07) is 6.60. The highest BCUT2D eigenvalue weighted by atomic mass is 35.5. The Bertz CT molecular complexity index is 431. The Hall–Kier alpha value is -0.730. The predicted molar refractivity (Wildman–Crippen MR) is 88.7 cm³/mol. The smallest absolute Gasteiger partial charge is 0.0410 e. The minimum Gasteiger partial charge on any atom is -0.382 e. The van der Waals surface area contributed by atoms with Gasteiger partial charge in [-0.05, 0) is 75.9 Å². The zero-order valence-corrected chi connectivity index (χ0v) is 13.7. The monoisotopic (exact) mass is 294 g/mol. The number of likely N-dealkylation sites (tertiary alicyclic amines) is 1. The Labute approximate surface area is 128 Å². The molecular weight excluding hydrogens is 268 g/mol. The van der Waals surface area contributed by atoms with Crippen molar-refractivity contribution in [2.45, 2.75) is 46.1 Å². The molecule has 20 heavy (non-hydrogen) atoms. The molecule has 2 nitrogen and oxygen atoms in total. The lowest BCUT2D eigenvalue weighted by Crippen LogP contribution is -2.42. The number of hydrogen-bond acceptors (Lipinski definition) is 2. The number of hydrogen-bond donors (Lipinski definition) is 1. The van der Waals surface area contributed by atoms with Crippen LogP contribution >= 0.6 is 11.6 Å². The van der Waals surface area contributed by atoms with Gasteiger partial charge in [-0.2, -0.15) is 0 Å². The van der Waals surface area contributed by atoms with Crippen molar-refractivity contribution in [1.29, 1.82) is 0 Å². The van der Waals surface area contributed by atoms with Crippen LogP contribution in [0.1, 0.15) is 38.7 Å². The lowest BCUT2D eigenvalue weighted by Gasteiger charge is -2.36. The van der Waals surface area contributed by atoms with Gasteiger partial charge in [0.15, 0.2) is 0 Å². The highest BCUT2D eigenvalue weighted by Crippen LogP contribution is 2.25. The van der Waals surface area contributed by atoms with E-state index in [0.29, 0.717) is 6.04 Å². The molecule has 3 heteroatoms. The number of piperidine rings is 1. The molecule has 1 aromatic carbocycles. The fourth-order valence-corrected chi connectivity index (χ4v) is 3.40. The second-order valence-electron chi connectivity index (χ2n) is 6.10. The minimum absolute atomic E-state index is 0.509. The lowest BCUT2D eigenvalue weighted by atomic mass is 9.91. The molecule has 112 valence electrons. The maximum Gasteiger partial charge on any atom is 0.0410 e. The summed E-state index contributed by atoms with van der Waals surface area (Å²) in [6.45, 7) is 10.4. The van der Waals surface area contributed by atoms with Crippen LogP contribution in [-0.4, -0.2) is 30.6 Å². The molecule has 1 heterocycles. The van der Waals surface area contributed by atoms with E-state index >= 15 is 0 Å². The molecule has 1 aliphatic rings. The molecular formula is C17H27ClN2. The molecule has 0 radical (unpaired) electrons. The molecule has 1 aromatic rings. The average molecular weight is 295 g/mol. The van der Waals surface area contributed by atoms with E-state index in [4.69, 9.17) is 11.6 Å². The molecule has 2 unspecified atom stereocenters. The van der Waals surface area contributed by atoms with E-state index in [9.17, 15) is 0 Å². The van der Waals surface area contributed by atoms with Gasteiger partial charge in [-0.3, -0.25) is 0 Å². The summed E-state index contributed by atoms with van der Waals surface area (Å²) in [5.41, 5.74) is 2.44. The van der Waals surface area contributed by atoms with E-state index < -0.39 is 0 Å². The van der Waals surface area contributed by atoms with Crippen molar-refractivity contribution in [3.8, 4) is 0 Å². The van der Waals surface area contributed by atoms with Crippen molar-refractivity contribution in [1.82, 2.24) is 4.90 Å². The predicted octanol–water partition coefficient (Wildman–Crippen LogP) is 4.57. The van der Waals surface area contributed by atoms with Crippen LogP contribution in [0.3, 0.4) is 0 Å². The van der Waals surface area contributed by atoms with Crippen LogP contribution in [0.15, 0.2) is 18.2 Å². The van der Waals surface area contributed by atoms with Crippen LogP contribution in [0.2, 0.25) is 5.02 Å². The van der Waals surface area contributed by atoms with Gasteiger partial charge in [-0.1, -0.05) is 18.5 Å². The van der Waals surface area contributed by atoms with Gasteiger partial charge in [0.05, 0.1) is 0 Å². The number of benzene rings is 1. The van der Waals surface area contributed by atoms with Gasteiger partial charge in [0.2, 0.25) is 0 Å². The van der Waals surface area contributed by atoms with Gasteiger partial charge in [0.25, 0.3) is 0 Å². The average Bonchev–Trinajstić information content (AvgIpc) is 2.42. The molecule has 1 fully saturated rings. The van der Waals surface area contributed by atoms with Crippen molar-refractivity contribution in [3.63, 3.8) is 0 Å². The molecule has 1 aliphatic heterocycles. The number of aryl methyl sites for hydroxylation is 1. The first-order chi connectivity index (χ1) is 9.60. The number of rotatable bonds is 5. The van der Waals surface area contributed by atoms with Crippen molar-refractivity contribution in [2.24, 2.45) is 5.92 Å². The SMILES string of the molecule is CCCN1CCCC(C(C)Nc2ccc(Cl)cc2C)C1. The number of nitrogens with zero attached hydrogens (tertiary/aromatic N) is 1. The standard InChI is InChI=1S/C17H27ClN2/c1-4-9-20-10-5-6-15(12-20)14(3)19-17-8-7-16(18)11-13(17)2/h7-8,11,14-15,19H,4-6,9-10,12H2,1-3H3. The van der Waals surface area contributed by atoms with Gasteiger partial charge in [-0.15, -0.1) is 0 Å². The third kappa shape index (κ3) is 4.13. The molecule has 2 rings (SSSR count). The van der Waals surface area contributed by atoms with E-state index in [1.54, 1.807) is 0 Å². The number of nitrogens with one attached hydrogen (secondary N) is 1. The summed E-state index contributed by atoms with van der Waals surface area (Å²) in [5, 5.41) is 4.50. The Morgan fingerprint density at radius 2 is 2.25 bits per heavy atom. The zero-order valence-electron chi connectivity index (χ0n) is 13.0. The van der Waals surface area contributed by atoms with E-state index in [1.807, 2.05) is 12.1 Å². The van der Waals surface area contributed by atoms with Crippen LogP contribution in [0.5, 0.6) is 0 Å². The van der Waals surface area contributed by atoms with Crippen molar-refractivity contribution in [2.75, 3.05) is 25.0 Å². The summed E-state index contributed by atoms with van der Waals surface area (Å²) in [7, 11) is 0. The molecule has 0 spiro atoms.